The fourth-order valence-corrected chi connectivity index (χ4v) is 3.23. The van der Waals surface area contributed by atoms with Crippen molar-refractivity contribution < 1.29 is 4.79 Å². The van der Waals surface area contributed by atoms with Crippen LogP contribution in [0.3, 0.4) is 0 Å². The van der Waals surface area contributed by atoms with E-state index in [-0.39, 0.29) is 12.5 Å². The lowest BCUT2D eigenvalue weighted by molar-refractivity contribution is -0.121. The molecule has 1 aromatic heterocycles. The summed E-state index contributed by atoms with van der Waals surface area (Å²) in [6.45, 7) is 2.24. The first-order valence-electron chi connectivity index (χ1n) is 9.23. The molecule has 2 aromatic carbocycles. The van der Waals surface area contributed by atoms with Gasteiger partial charge in [-0.25, -0.2) is 0 Å². The average Bonchev–Trinajstić information content (AvgIpc) is 2.70. The molecule has 1 atom stereocenters. The van der Waals surface area contributed by atoms with Gasteiger partial charge in [0.15, 0.2) is 0 Å². The number of nitriles is 1. The van der Waals surface area contributed by atoms with Gasteiger partial charge >= 0.3 is 0 Å². The molecule has 0 aliphatic rings. The van der Waals surface area contributed by atoms with Crippen molar-refractivity contribution in [2.45, 2.75) is 26.2 Å². The quantitative estimate of drug-likeness (QED) is 0.633. The number of aromatic nitrogens is 1. The third-order valence-corrected chi connectivity index (χ3v) is 4.68. The number of carbonyl (C=O) groups excluding carboxylic acids is 1. The van der Waals surface area contributed by atoms with E-state index in [0.29, 0.717) is 12.3 Å². The molecule has 0 bridgehead atoms. The molecule has 0 aliphatic carbocycles. The summed E-state index contributed by atoms with van der Waals surface area (Å²) in [6.07, 6.45) is 4.00. The molecule has 4 heteroatoms. The van der Waals surface area contributed by atoms with Gasteiger partial charge in [-0.3, -0.25) is 9.78 Å². The number of hydrogen-bond acceptors (Lipinski definition) is 3. The van der Waals surface area contributed by atoms with Crippen LogP contribution in [0.1, 0.15) is 25.3 Å². The number of fused-ring (bicyclic) bond motifs is 1. The molecule has 0 spiro atoms. The third kappa shape index (κ3) is 5.15. The first kappa shape index (κ1) is 18.6. The Labute approximate surface area is 159 Å². The summed E-state index contributed by atoms with van der Waals surface area (Å²) in [5, 5.41) is 12.2. The van der Waals surface area contributed by atoms with Crippen molar-refractivity contribution in [2.24, 2.45) is 5.92 Å². The van der Waals surface area contributed by atoms with Crippen LogP contribution in [0, 0.1) is 17.2 Å². The molecule has 3 aromatic rings. The minimum absolute atomic E-state index is 0.0548. The summed E-state index contributed by atoms with van der Waals surface area (Å²) >= 11 is 0. The number of nitrogens with zero attached hydrogens (tertiary/aromatic N) is 2. The van der Waals surface area contributed by atoms with E-state index >= 15 is 0 Å². The van der Waals surface area contributed by atoms with E-state index in [2.05, 4.69) is 65.8 Å². The molecule has 1 N–H and O–H groups in total. The molecule has 1 unspecified atom stereocenters. The first-order chi connectivity index (χ1) is 13.2. The van der Waals surface area contributed by atoms with Gasteiger partial charge in [0.2, 0.25) is 5.91 Å². The van der Waals surface area contributed by atoms with E-state index in [4.69, 9.17) is 5.26 Å². The zero-order valence-electron chi connectivity index (χ0n) is 15.5. The Morgan fingerprint density at radius 2 is 2.00 bits per heavy atom. The zero-order chi connectivity index (χ0) is 19.1. The SMILES string of the molecule is CC(CCC(=O)NCC#N)Cc1cccc(-c2ccc3cccnc3c2)c1. The van der Waals surface area contributed by atoms with Crippen molar-refractivity contribution in [3.63, 3.8) is 0 Å². The van der Waals surface area contributed by atoms with Crippen LogP contribution in [-0.4, -0.2) is 17.4 Å². The average molecular weight is 357 g/mol. The molecular weight excluding hydrogens is 334 g/mol. The zero-order valence-corrected chi connectivity index (χ0v) is 15.5. The van der Waals surface area contributed by atoms with Crippen LogP contribution in [0.2, 0.25) is 0 Å². The second-order valence-electron chi connectivity index (χ2n) is 6.89. The number of pyridine rings is 1. The lowest BCUT2D eigenvalue weighted by Gasteiger charge is -2.12. The standard InChI is InChI=1S/C23H23N3O/c1-17(7-10-23(27)26-13-11-24)14-18-4-2-5-20(15-18)21-9-8-19-6-3-12-25-22(19)16-21/h2-6,8-9,12,15-17H,7,10,13-14H2,1H3,(H,26,27). The molecule has 0 aliphatic heterocycles. The van der Waals surface area contributed by atoms with Gasteiger partial charge in [-0.1, -0.05) is 49.4 Å². The normalized spacial score (nSPS) is 11.7. The molecule has 136 valence electrons. The van der Waals surface area contributed by atoms with Crippen molar-refractivity contribution in [3.8, 4) is 17.2 Å². The summed E-state index contributed by atoms with van der Waals surface area (Å²) in [5.74, 6) is 0.340. The van der Waals surface area contributed by atoms with E-state index in [1.807, 2.05) is 18.3 Å². The summed E-state index contributed by atoms with van der Waals surface area (Å²) in [4.78, 5) is 16.1. The number of benzene rings is 2. The Morgan fingerprint density at radius 3 is 2.85 bits per heavy atom. The van der Waals surface area contributed by atoms with Gasteiger partial charge in [0.05, 0.1) is 11.6 Å². The highest BCUT2D eigenvalue weighted by Crippen LogP contribution is 2.25. The summed E-state index contributed by atoms with van der Waals surface area (Å²) in [5.41, 5.74) is 4.60. The van der Waals surface area contributed by atoms with E-state index < -0.39 is 0 Å². The maximum absolute atomic E-state index is 11.6. The maximum Gasteiger partial charge on any atom is 0.220 e. The number of nitrogens with one attached hydrogen (secondary N) is 1. The van der Waals surface area contributed by atoms with Crippen LogP contribution >= 0.6 is 0 Å². The summed E-state index contributed by atoms with van der Waals surface area (Å²) in [6, 6.07) is 20.8. The molecular formula is C23H23N3O. The number of rotatable bonds is 7. The third-order valence-electron chi connectivity index (χ3n) is 4.68. The van der Waals surface area contributed by atoms with E-state index in [9.17, 15) is 4.79 Å². The number of carbonyl (C=O) groups is 1. The molecule has 1 amide bonds. The molecule has 0 saturated carbocycles. The molecule has 4 nitrogen and oxygen atoms in total. The number of amides is 1. The van der Waals surface area contributed by atoms with Gasteiger partial charge in [0.1, 0.15) is 6.54 Å². The first-order valence-corrected chi connectivity index (χ1v) is 9.23. The molecule has 27 heavy (non-hydrogen) atoms. The summed E-state index contributed by atoms with van der Waals surface area (Å²) < 4.78 is 0. The Morgan fingerprint density at radius 1 is 1.15 bits per heavy atom. The molecule has 0 fully saturated rings. The Balaban J connectivity index is 1.66. The fourth-order valence-electron chi connectivity index (χ4n) is 3.23. The van der Waals surface area contributed by atoms with Gasteiger partial charge in [-0.2, -0.15) is 5.26 Å². The highest BCUT2D eigenvalue weighted by atomic mass is 16.1. The van der Waals surface area contributed by atoms with Crippen LogP contribution in [0.5, 0.6) is 0 Å². The Kier molecular flexibility index (Phi) is 6.17. The van der Waals surface area contributed by atoms with Crippen LogP contribution in [0.4, 0.5) is 0 Å². The fraction of sp³-hybridized carbons (Fsp3) is 0.261. The van der Waals surface area contributed by atoms with Crippen LogP contribution in [0.15, 0.2) is 60.8 Å². The molecule has 1 heterocycles. The van der Waals surface area contributed by atoms with E-state index in [1.54, 1.807) is 0 Å². The predicted octanol–water partition coefficient (Wildman–Crippen LogP) is 4.50. The van der Waals surface area contributed by atoms with Gasteiger partial charge in [-0.05, 0) is 47.6 Å². The number of hydrogen-bond donors (Lipinski definition) is 1. The highest BCUT2D eigenvalue weighted by molar-refractivity contribution is 5.84. The van der Waals surface area contributed by atoms with Crippen molar-refractivity contribution in [1.82, 2.24) is 10.3 Å². The molecule has 0 radical (unpaired) electrons. The van der Waals surface area contributed by atoms with Crippen LogP contribution < -0.4 is 5.32 Å². The van der Waals surface area contributed by atoms with Gasteiger partial charge in [0, 0.05) is 18.0 Å². The lowest BCUT2D eigenvalue weighted by atomic mass is 9.94. The second-order valence-corrected chi connectivity index (χ2v) is 6.89. The molecule has 0 saturated heterocycles. The molecule has 3 rings (SSSR count). The minimum Gasteiger partial charge on any atom is -0.343 e. The van der Waals surface area contributed by atoms with E-state index in [1.165, 1.54) is 11.1 Å². The van der Waals surface area contributed by atoms with Crippen molar-refractivity contribution in [2.75, 3.05) is 6.54 Å². The van der Waals surface area contributed by atoms with Gasteiger partial charge in [0.25, 0.3) is 0 Å². The summed E-state index contributed by atoms with van der Waals surface area (Å²) in [7, 11) is 0. The lowest BCUT2D eigenvalue weighted by Crippen LogP contribution is -2.23. The smallest absolute Gasteiger partial charge is 0.220 e. The van der Waals surface area contributed by atoms with Gasteiger partial charge in [-0.15, -0.1) is 0 Å². The van der Waals surface area contributed by atoms with Gasteiger partial charge < -0.3 is 5.32 Å². The van der Waals surface area contributed by atoms with Crippen molar-refractivity contribution in [1.29, 1.82) is 5.26 Å². The van der Waals surface area contributed by atoms with Crippen LogP contribution in [0.25, 0.3) is 22.0 Å². The monoisotopic (exact) mass is 357 g/mol. The second kappa shape index (κ2) is 8.95. The van der Waals surface area contributed by atoms with E-state index in [0.717, 1.165) is 29.3 Å². The Hall–Kier alpha value is -3.19. The predicted molar refractivity (Wildman–Crippen MR) is 108 cm³/mol. The largest absolute Gasteiger partial charge is 0.343 e. The van der Waals surface area contributed by atoms with Crippen molar-refractivity contribution >= 4 is 16.8 Å². The van der Waals surface area contributed by atoms with Crippen LogP contribution in [-0.2, 0) is 11.2 Å². The highest BCUT2D eigenvalue weighted by Gasteiger charge is 2.09. The van der Waals surface area contributed by atoms with Crippen molar-refractivity contribution in [3.05, 3.63) is 66.4 Å². The Bertz CT molecular complexity index is 975. The topological polar surface area (TPSA) is 65.8 Å². The minimum atomic E-state index is -0.0548. The maximum atomic E-state index is 11.6.